The van der Waals surface area contributed by atoms with Gasteiger partial charge < -0.3 is 9.73 Å². The molecule has 104 valence electrons. The maximum Gasteiger partial charge on any atom is 0.255 e. The molecule has 2 aromatic rings. The Kier molecular flexibility index (Phi) is 3.61. The lowest BCUT2D eigenvalue weighted by molar-refractivity contribution is 0.0927. The van der Waals surface area contributed by atoms with Gasteiger partial charge in [-0.2, -0.15) is 0 Å². The van der Waals surface area contributed by atoms with Crippen molar-refractivity contribution in [2.24, 2.45) is 0 Å². The molecular weight excluding hydrogens is 325 g/mol. The summed E-state index contributed by atoms with van der Waals surface area (Å²) in [6, 6.07) is 6.25. The van der Waals surface area contributed by atoms with Gasteiger partial charge in [0.15, 0.2) is 0 Å². The van der Waals surface area contributed by atoms with Crippen molar-refractivity contribution >= 4 is 21.8 Å². The van der Waals surface area contributed by atoms with Gasteiger partial charge in [-0.15, -0.1) is 0 Å². The van der Waals surface area contributed by atoms with Crippen LogP contribution < -0.4 is 5.32 Å². The average molecular weight is 338 g/mol. The number of benzene rings is 1. The summed E-state index contributed by atoms with van der Waals surface area (Å²) in [5, 5.41) is 2.89. The zero-order valence-electron chi connectivity index (χ0n) is 10.7. The van der Waals surface area contributed by atoms with E-state index in [1.165, 1.54) is 6.07 Å². The first-order valence-electron chi connectivity index (χ1n) is 6.48. The predicted molar refractivity (Wildman–Crippen MR) is 76.0 cm³/mol. The van der Waals surface area contributed by atoms with Gasteiger partial charge in [-0.05, 0) is 47.0 Å². The molecule has 0 bridgehead atoms. The van der Waals surface area contributed by atoms with Crippen LogP contribution in [0.15, 0.2) is 39.4 Å². The van der Waals surface area contributed by atoms with Gasteiger partial charge in [-0.3, -0.25) is 4.79 Å². The molecule has 0 radical (unpaired) electrons. The number of carbonyl (C=O) groups is 1. The van der Waals surface area contributed by atoms with Crippen LogP contribution in [0.1, 0.15) is 40.6 Å². The van der Waals surface area contributed by atoms with Gasteiger partial charge in [-0.1, -0.05) is 6.07 Å². The first-order chi connectivity index (χ1) is 9.66. The van der Waals surface area contributed by atoms with Crippen LogP contribution in [-0.2, 0) is 6.42 Å². The minimum atomic E-state index is -0.528. The number of nitrogens with one attached hydrogen (secondary N) is 1. The molecule has 1 aliphatic carbocycles. The zero-order valence-corrected chi connectivity index (χ0v) is 12.2. The number of rotatable bonds is 2. The van der Waals surface area contributed by atoms with Crippen LogP contribution in [0.2, 0.25) is 0 Å². The maximum absolute atomic E-state index is 13.8. The molecule has 1 aromatic carbocycles. The maximum atomic E-state index is 13.8. The second kappa shape index (κ2) is 5.40. The number of hydrogen-bond acceptors (Lipinski definition) is 2. The zero-order chi connectivity index (χ0) is 14.1. The van der Waals surface area contributed by atoms with E-state index < -0.39 is 11.7 Å². The fourth-order valence-electron chi connectivity index (χ4n) is 2.58. The normalized spacial score (nSPS) is 17.6. The summed E-state index contributed by atoms with van der Waals surface area (Å²) >= 11 is 3.22. The fourth-order valence-corrected chi connectivity index (χ4v) is 3.10. The van der Waals surface area contributed by atoms with Crippen molar-refractivity contribution in [3.8, 4) is 0 Å². The van der Waals surface area contributed by atoms with Crippen LogP contribution in [0.5, 0.6) is 0 Å². The molecule has 1 aliphatic rings. The number of furan rings is 1. The highest BCUT2D eigenvalue weighted by molar-refractivity contribution is 9.10. The molecule has 1 unspecified atom stereocenters. The summed E-state index contributed by atoms with van der Waals surface area (Å²) in [5.74, 6) is -0.0247. The molecular formula is C15H13BrFNO2. The Morgan fingerprint density at radius 1 is 1.40 bits per heavy atom. The Balaban J connectivity index is 1.85. The Morgan fingerprint density at radius 2 is 2.25 bits per heavy atom. The Labute approximate surface area is 124 Å². The highest BCUT2D eigenvalue weighted by Gasteiger charge is 2.26. The average Bonchev–Trinajstić information content (AvgIpc) is 2.88. The van der Waals surface area contributed by atoms with E-state index in [0.717, 1.165) is 30.6 Å². The molecule has 5 heteroatoms. The summed E-state index contributed by atoms with van der Waals surface area (Å²) < 4.78 is 19.6. The molecule has 1 atom stereocenters. The van der Waals surface area contributed by atoms with Crippen LogP contribution in [-0.4, -0.2) is 5.91 Å². The van der Waals surface area contributed by atoms with Crippen LogP contribution in [0.3, 0.4) is 0 Å². The van der Waals surface area contributed by atoms with E-state index in [-0.39, 0.29) is 11.6 Å². The number of carbonyl (C=O) groups excluding carboxylic acids is 1. The molecule has 0 saturated heterocycles. The lowest BCUT2D eigenvalue weighted by atomic mass is 9.93. The number of hydrogen-bond donors (Lipinski definition) is 1. The van der Waals surface area contributed by atoms with E-state index in [1.807, 2.05) is 6.07 Å². The molecule has 1 heterocycles. The number of aryl methyl sites for hydroxylation is 1. The van der Waals surface area contributed by atoms with E-state index in [2.05, 4.69) is 21.2 Å². The van der Waals surface area contributed by atoms with Gasteiger partial charge in [0, 0.05) is 16.5 Å². The van der Waals surface area contributed by atoms with E-state index in [0.29, 0.717) is 4.47 Å². The Hall–Kier alpha value is -1.62. The van der Waals surface area contributed by atoms with Gasteiger partial charge in [0.25, 0.3) is 5.91 Å². The third-order valence-electron chi connectivity index (χ3n) is 3.55. The molecule has 20 heavy (non-hydrogen) atoms. The summed E-state index contributed by atoms with van der Waals surface area (Å²) in [7, 11) is 0. The molecule has 0 spiro atoms. The van der Waals surface area contributed by atoms with Gasteiger partial charge in [0.2, 0.25) is 0 Å². The first-order valence-corrected chi connectivity index (χ1v) is 7.27. The standard InChI is InChI=1S/C15H13BrFNO2/c16-10-3-1-4-11(17)14(10)15(19)18-12-5-2-6-13-9(12)7-8-20-13/h1,3-4,7-8,12H,2,5-6H2,(H,18,19). The van der Waals surface area contributed by atoms with Crippen LogP contribution >= 0.6 is 15.9 Å². The highest BCUT2D eigenvalue weighted by atomic mass is 79.9. The molecule has 1 N–H and O–H groups in total. The van der Waals surface area contributed by atoms with Gasteiger partial charge >= 0.3 is 0 Å². The van der Waals surface area contributed by atoms with Crippen LogP contribution in [0, 0.1) is 5.82 Å². The molecule has 3 nitrogen and oxygen atoms in total. The molecule has 0 saturated carbocycles. The van der Waals surface area contributed by atoms with Crippen molar-refractivity contribution in [3.63, 3.8) is 0 Å². The molecule has 0 aliphatic heterocycles. The number of halogens is 2. The number of fused-ring (bicyclic) bond motifs is 1. The number of amides is 1. The van der Waals surface area contributed by atoms with Gasteiger partial charge in [-0.25, -0.2) is 4.39 Å². The van der Waals surface area contributed by atoms with Crippen molar-refractivity contribution in [2.75, 3.05) is 0 Å². The second-order valence-corrected chi connectivity index (χ2v) is 5.67. The summed E-state index contributed by atoms with van der Waals surface area (Å²) in [6.45, 7) is 0. The van der Waals surface area contributed by atoms with Crippen molar-refractivity contribution in [1.29, 1.82) is 0 Å². The third kappa shape index (κ3) is 2.38. The van der Waals surface area contributed by atoms with Crippen molar-refractivity contribution < 1.29 is 13.6 Å². The van der Waals surface area contributed by atoms with E-state index in [4.69, 9.17) is 4.42 Å². The van der Waals surface area contributed by atoms with E-state index in [1.54, 1.807) is 18.4 Å². The fraction of sp³-hybridized carbons (Fsp3) is 0.267. The van der Waals surface area contributed by atoms with Crippen LogP contribution in [0.25, 0.3) is 0 Å². The van der Waals surface area contributed by atoms with Gasteiger partial charge in [0.05, 0.1) is 17.9 Å². The largest absolute Gasteiger partial charge is 0.469 e. The minimum absolute atomic E-state index is 0.0446. The van der Waals surface area contributed by atoms with Gasteiger partial charge in [0.1, 0.15) is 11.6 Å². The summed E-state index contributed by atoms with van der Waals surface area (Å²) in [6.07, 6.45) is 4.31. The lowest BCUT2D eigenvalue weighted by Crippen LogP contribution is -2.31. The second-order valence-electron chi connectivity index (χ2n) is 4.81. The lowest BCUT2D eigenvalue weighted by Gasteiger charge is -2.23. The smallest absolute Gasteiger partial charge is 0.255 e. The van der Waals surface area contributed by atoms with Crippen LogP contribution in [0.4, 0.5) is 4.39 Å². The first kappa shape index (κ1) is 13.4. The quantitative estimate of drug-likeness (QED) is 0.900. The predicted octanol–water partition coefficient (Wildman–Crippen LogP) is 3.99. The monoisotopic (exact) mass is 337 g/mol. The van der Waals surface area contributed by atoms with Crippen molar-refractivity contribution in [2.45, 2.75) is 25.3 Å². The van der Waals surface area contributed by atoms with Crippen molar-refractivity contribution in [1.82, 2.24) is 5.32 Å². The topological polar surface area (TPSA) is 42.2 Å². The molecule has 1 aromatic heterocycles. The Bertz CT molecular complexity index is 633. The SMILES string of the molecule is O=C(NC1CCCc2occc21)c1c(F)cccc1Br. The molecule has 3 rings (SSSR count). The highest BCUT2D eigenvalue weighted by Crippen LogP contribution is 2.31. The van der Waals surface area contributed by atoms with E-state index >= 15 is 0 Å². The minimum Gasteiger partial charge on any atom is -0.469 e. The van der Waals surface area contributed by atoms with Crippen molar-refractivity contribution in [3.05, 3.63) is 57.7 Å². The Morgan fingerprint density at radius 3 is 3.05 bits per heavy atom. The van der Waals surface area contributed by atoms with E-state index in [9.17, 15) is 9.18 Å². The summed E-state index contributed by atoms with van der Waals surface area (Å²) in [4.78, 5) is 12.3. The molecule has 0 fully saturated rings. The summed E-state index contributed by atoms with van der Waals surface area (Å²) in [5.41, 5.74) is 1.04. The third-order valence-corrected chi connectivity index (χ3v) is 4.21. The molecule has 1 amide bonds.